The first kappa shape index (κ1) is 15.5. The maximum absolute atomic E-state index is 12.7. The molecule has 0 radical (unpaired) electrons. The van der Waals surface area contributed by atoms with Crippen LogP contribution in [0.2, 0.25) is 0 Å². The summed E-state index contributed by atoms with van der Waals surface area (Å²) < 4.78 is 26.9. The molecular formula is C15H24N2O2S2. The Balaban J connectivity index is 1.68. The summed E-state index contributed by atoms with van der Waals surface area (Å²) in [5.74, 6) is 2.19. The minimum Gasteiger partial charge on any atom is -0.315 e. The van der Waals surface area contributed by atoms with Gasteiger partial charge in [-0.15, -0.1) is 11.3 Å². The van der Waals surface area contributed by atoms with Gasteiger partial charge in [0.15, 0.2) is 0 Å². The van der Waals surface area contributed by atoms with E-state index < -0.39 is 10.0 Å². The molecular weight excluding hydrogens is 304 g/mol. The molecule has 0 saturated heterocycles. The molecule has 3 unspecified atom stereocenters. The van der Waals surface area contributed by atoms with Crippen molar-refractivity contribution in [1.29, 1.82) is 0 Å². The normalized spacial score (nSPS) is 28.6. The molecule has 0 aromatic carbocycles. The zero-order chi connectivity index (χ0) is 15.0. The smallest absolute Gasteiger partial charge is 0.243 e. The van der Waals surface area contributed by atoms with E-state index in [0.29, 0.717) is 17.4 Å². The summed E-state index contributed by atoms with van der Waals surface area (Å²) in [6, 6.07) is 1.80. The number of rotatable bonds is 6. The lowest BCUT2D eigenvalue weighted by Gasteiger charge is -2.26. The van der Waals surface area contributed by atoms with Crippen LogP contribution in [0.3, 0.4) is 0 Å². The molecule has 1 N–H and O–H groups in total. The van der Waals surface area contributed by atoms with Crippen LogP contribution in [0.25, 0.3) is 0 Å². The van der Waals surface area contributed by atoms with Crippen molar-refractivity contribution in [1.82, 2.24) is 9.62 Å². The monoisotopic (exact) mass is 328 g/mol. The molecule has 0 amide bonds. The third kappa shape index (κ3) is 3.04. The number of hydrogen-bond donors (Lipinski definition) is 1. The second kappa shape index (κ2) is 5.99. The van der Waals surface area contributed by atoms with E-state index in [-0.39, 0.29) is 0 Å². The number of hydrogen-bond acceptors (Lipinski definition) is 4. The van der Waals surface area contributed by atoms with Crippen molar-refractivity contribution in [2.24, 2.45) is 17.8 Å². The lowest BCUT2D eigenvalue weighted by molar-refractivity contribution is 0.280. The van der Waals surface area contributed by atoms with Crippen molar-refractivity contribution in [2.75, 3.05) is 20.6 Å². The maximum Gasteiger partial charge on any atom is 0.243 e. The number of sulfonamides is 1. The summed E-state index contributed by atoms with van der Waals surface area (Å²) in [4.78, 5) is 1.51. The first-order chi connectivity index (χ1) is 10.0. The van der Waals surface area contributed by atoms with Crippen LogP contribution in [0.15, 0.2) is 16.3 Å². The van der Waals surface area contributed by atoms with E-state index >= 15 is 0 Å². The van der Waals surface area contributed by atoms with E-state index in [4.69, 9.17) is 0 Å². The molecule has 4 nitrogen and oxygen atoms in total. The van der Waals surface area contributed by atoms with Gasteiger partial charge in [0.05, 0.1) is 4.90 Å². The van der Waals surface area contributed by atoms with Gasteiger partial charge in [-0.3, -0.25) is 0 Å². The van der Waals surface area contributed by atoms with Gasteiger partial charge < -0.3 is 5.32 Å². The zero-order valence-corrected chi connectivity index (χ0v) is 14.3. The first-order valence-corrected chi connectivity index (χ1v) is 10.0. The Morgan fingerprint density at radius 1 is 1.38 bits per heavy atom. The van der Waals surface area contributed by atoms with Crippen LogP contribution in [0.5, 0.6) is 0 Å². The molecule has 2 fully saturated rings. The van der Waals surface area contributed by atoms with Crippen LogP contribution in [0.1, 0.15) is 30.6 Å². The lowest BCUT2D eigenvalue weighted by atomic mass is 9.89. The van der Waals surface area contributed by atoms with E-state index in [0.717, 1.165) is 23.3 Å². The van der Waals surface area contributed by atoms with Crippen molar-refractivity contribution in [3.05, 3.63) is 16.3 Å². The SMILES string of the molecule is CNCc1cc(S(=O)(=O)N(C)CC2CC3CCC2C3)cs1. The molecule has 118 valence electrons. The van der Waals surface area contributed by atoms with Crippen molar-refractivity contribution in [2.45, 2.75) is 37.1 Å². The Morgan fingerprint density at radius 2 is 2.19 bits per heavy atom. The summed E-state index contributed by atoms with van der Waals surface area (Å²) >= 11 is 1.50. The summed E-state index contributed by atoms with van der Waals surface area (Å²) in [6.45, 7) is 1.40. The van der Waals surface area contributed by atoms with Gasteiger partial charge in [-0.25, -0.2) is 12.7 Å². The Hall–Kier alpha value is -0.430. The van der Waals surface area contributed by atoms with Gasteiger partial charge in [0.25, 0.3) is 0 Å². The van der Waals surface area contributed by atoms with Gasteiger partial charge in [0.1, 0.15) is 0 Å². The van der Waals surface area contributed by atoms with E-state index in [9.17, 15) is 8.42 Å². The molecule has 0 spiro atoms. The molecule has 21 heavy (non-hydrogen) atoms. The van der Waals surface area contributed by atoms with Gasteiger partial charge >= 0.3 is 0 Å². The van der Waals surface area contributed by atoms with Crippen LogP contribution in [-0.2, 0) is 16.6 Å². The molecule has 1 aromatic heterocycles. The largest absolute Gasteiger partial charge is 0.315 e. The van der Waals surface area contributed by atoms with Crippen LogP contribution >= 0.6 is 11.3 Å². The molecule has 2 aliphatic rings. The average molecular weight is 329 g/mol. The molecule has 1 aromatic rings. The van der Waals surface area contributed by atoms with Crippen LogP contribution < -0.4 is 5.32 Å². The summed E-state index contributed by atoms with van der Waals surface area (Å²) in [7, 11) is 0.278. The molecule has 3 rings (SSSR count). The van der Waals surface area contributed by atoms with Gasteiger partial charge in [-0.2, -0.15) is 0 Å². The highest BCUT2D eigenvalue weighted by Gasteiger charge is 2.40. The highest BCUT2D eigenvalue weighted by molar-refractivity contribution is 7.89. The third-order valence-electron chi connectivity index (χ3n) is 5.07. The van der Waals surface area contributed by atoms with E-state index in [1.807, 2.05) is 7.05 Å². The highest BCUT2D eigenvalue weighted by atomic mass is 32.2. The summed E-state index contributed by atoms with van der Waals surface area (Å²) in [6.07, 6.45) is 5.20. The van der Waals surface area contributed by atoms with Crippen molar-refractivity contribution >= 4 is 21.4 Å². The van der Waals surface area contributed by atoms with Gasteiger partial charge in [-0.05, 0) is 50.1 Å². The Kier molecular flexibility index (Phi) is 4.41. The van der Waals surface area contributed by atoms with Crippen LogP contribution in [0, 0.1) is 17.8 Å². The number of thiophene rings is 1. The minimum absolute atomic E-state index is 0.448. The Labute approximate surface area is 131 Å². The Morgan fingerprint density at radius 3 is 2.81 bits per heavy atom. The van der Waals surface area contributed by atoms with Crippen LogP contribution in [-0.4, -0.2) is 33.4 Å². The van der Waals surface area contributed by atoms with E-state index in [1.165, 1.54) is 37.0 Å². The van der Waals surface area contributed by atoms with Crippen molar-refractivity contribution in [3.63, 3.8) is 0 Å². The van der Waals surface area contributed by atoms with Crippen molar-refractivity contribution < 1.29 is 8.42 Å². The Bertz CT molecular complexity index is 597. The fourth-order valence-corrected chi connectivity index (χ4v) is 6.47. The molecule has 2 saturated carbocycles. The third-order valence-corrected chi connectivity index (χ3v) is 7.95. The molecule has 6 heteroatoms. The molecule has 0 aliphatic heterocycles. The number of nitrogens with one attached hydrogen (secondary N) is 1. The van der Waals surface area contributed by atoms with Crippen LogP contribution in [0.4, 0.5) is 0 Å². The molecule has 2 aliphatic carbocycles. The number of nitrogens with zero attached hydrogens (tertiary/aromatic N) is 1. The second-order valence-corrected chi connectivity index (χ2v) is 9.54. The average Bonchev–Trinajstić information content (AvgIpc) is 3.14. The van der Waals surface area contributed by atoms with E-state index in [2.05, 4.69) is 5.32 Å². The molecule has 2 bridgehead atoms. The second-order valence-electron chi connectivity index (χ2n) is 6.50. The predicted molar refractivity (Wildman–Crippen MR) is 85.8 cm³/mol. The van der Waals surface area contributed by atoms with Crippen molar-refractivity contribution in [3.8, 4) is 0 Å². The number of fused-ring (bicyclic) bond motifs is 2. The fraction of sp³-hybridized carbons (Fsp3) is 0.733. The minimum atomic E-state index is -3.32. The molecule has 1 heterocycles. The highest BCUT2D eigenvalue weighted by Crippen LogP contribution is 2.48. The van der Waals surface area contributed by atoms with E-state index in [1.54, 1.807) is 22.8 Å². The maximum atomic E-state index is 12.7. The fourth-order valence-electron chi connectivity index (χ4n) is 3.97. The van der Waals surface area contributed by atoms with Gasteiger partial charge in [0.2, 0.25) is 10.0 Å². The lowest BCUT2D eigenvalue weighted by Crippen LogP contribution is -2.33. The molecule has 3 atom stereocenters. The quantitative estimate of drug-likeness (QED) is 0.873. The standard InChI is InChI=1S/C15H24N2O2S2/c1-16-8-14-7-15(10-20-14)21(18,19)17(2)9-13-6-11-3-4-12(13)5-11/h7,10-13,16H,3-6,8-9H2,1-2H3. The predicted octanol–water partition coefficient (Wildman–Crippen LogP) is 2.52. The van der Waals surface area contributed by atoms with Gasteiger partial charge in [0, 0.05) is 30.4 Å². The summed E-state index contributed by atoms with van der Waals surface area (Å²) in [5.41, 5.74) is 0. The van der Waals surface area contributed by atoms with Gasteiger partial charge in [-0.1, -0.05) is 6.42 Å². The zero-order valence-electron chi connectivity index (χ0n) is 12.7. The first-order valence-electron chi connectivity index (χ1n) is 7.69. The summed E-state index contributed by atoms with van der Waals surface area (Å²) in [5, 5.41) is 4.82. The topological polar surface area (TPSA) is 49.4 Å².